The highest BCUT2D eigenvalue weighted by atomic mass is 16.4. The van der Waals surface area contributed by atoms with E-state index in [1.54, 1.807) is 0 Å². The molecule has 0 saturated heterocycles. The van der Waals surface area contributed by atoms with Crippen molar-refractivity contribution in [2.45, 2.75) is 13.8 Å². The van der Waals surface area contributed by atoms with Gasteiger partial charge in [-0.25, -0.2) is 4.79 Å². The normalized spacial score (nSPS) is 10.2. The van der Waals surface area contributed by atoms with Crippen LogP contribution in [0.2, 0.25) is 0 Å². The highest BCUT2D eigenvalue weighted by molar-refractivity contribution is 5.64. The molecule has 3 N–H and O–H groups in total. The van der Waals surface area contributed by atoms with E-state index in [2.05, 4.69) is 5.32 Å². The molecule has 0 aromatic rings. The minimum Gasteiger partial charge on any atom is -0.483 e. The highest BCUT2D eigenvalue weighted by Gasteiger charge is 2.19. The summed E-state index contributed by atoms with van der Waals surface area (Å²) >= 11 is 0. The summed E-state index contributed by atoms with van der Waals surface area (Å²) in [5, 5.41) is 17.7. The van der Waals surface area contributed by atoms with Crippen LogP contribution in [-0.4, -0.2) is 54.9 Å². The lowest BCUT2D eigenvalue weighted by molar-refractivity contribution is -0.122. The molecule has 0 spiro atoms. The third-order valence-electron chi connectivity index (χ3n) is 1.46. The third kappa shape index (κ3) is 15.5. The Labute approximate surface area is 89.9 Å². The molecule has 0 aliphatic carbocycles. The Hall–Kier alpha value is -1.30. The number of amides is 1. The first-order valence-electron chi connectivity index (χ1n) is 4.44. The van der Waals surface area contributed by atoms with Gasteiger partial charge in [0.05, 0.1) is 0 Å². The van der Waals surface area contributed by atoms with Crippen molar-refractivity contribution >= 4 is 12.6 Å². The van der Waals surface area contributed by atoms with Crippen LogP contribution >= 0.6 is 0 Å². The van der Waals surface area contributed by atoms with Gasteiger partial charge < -0.3 is 20.4 Å². The van der Waals surface area contributed by atoms with Crippen molar-refractivity contribution in [1.29, 1.82) is 0 Å². The van der Waals surface area contributed by atoms with Crippen LogP contribution in [0.15, 0.2) is 0 Å². The molecule has 90 valence electrons. The zero-order valence-electron chi connectivity index (χ0n) is 9.65. The number of carbonyl (C=O) groups is 2. The molecule has 0 unspecified atom stereocenters. The van der Waals surface area contributed by atoms with E-state index in [0.717, 1.165) is 6.54 Å². The van der Waals surface area contributed by atoms with Gasteiger partial charge in [0, 0.05) is 13.1 Å². The summed E-state index contributed by atoms with van der Waals surface area (Å²) in [6.45, 7) is 5.17. The number of carboxylic acid groups (broad SMARTS) is 2. The van der Waals surface area contributed by atoms with Crippen molar-refractivity contribution in [3.63, 3.8) is 0 Å². The summed E-state index contributed by atoms with van der Waals surface area (Å²) in [4.78, 5) is 20.6. The molecular weight excluding hydrogens is 200 g/mol. The van der Waals surface area contributed by atoms with Crippen molar-refractivity contribution in [2.24, 2.45) is 5.41 Å². The Bertz CT molecular complexity index is 193. The van der Waals surface area contributed by atoms with E-state index in [9.17, 15) is 4.79 Å². The third-order valence-corrected chi connectivity index (χ3v) is 1.46. The molecule has 0 atom stereocenters. The zero-order valence-corrected chi connectivity index (χ0v) is 9.65. The van der Waals surface area contributed by atoms with Gasteiger partial charge in [-0.1, -0.05) is 13.8 Å². The van der Waals surface area contributed by atoms with Crippen LogP contribution in [-0.2, 0) is 4.79 Å². The molecule has 0 bridgehead atoms. The minimum absolute atomic E-state index is 0.0120. The molecule has 0 aliphatic rings. The lowest BCUT2D eigenvalue weighted by Crippen LogP contribution is -2.39. The van der Waals surface area contributed by atoms with Crippen LogP contribution in [0, 0.1) is 5.41 Å². The number of hydrogen-bond donors (Lipinski definition) is 3. The number of rotatable bonds is 4. The molecule has 6 nitrogen and oxygen atoms in total. The fraction of sp³-hybridized carbons (Fsp3) is 0.778. The van der Waals surface area contributed by atoms with Crippen LogP contribution in [0.1, 0.15) is 13.8 Å². The van der Waals surface area contributed by atoms with Gasteiger partial charge in [-0.3, -0.25) is 4.79 Å². The van der Waals surface area contributed by atoms with Crippen LogP contribution in [0.5, 0.6) is 0 Å². The van der Waals surface area contributed by atoms with E-state index < -0.39 is 6.09 Å². The van der Waals surface area contributed by atoms with Crippen molar-refractivity contribution in [1.82, 2.24) is 10.2 Å². The monoisotopic (exact) mass is 220 g/mol. The van der Waals surface area contributed by atoms with Crippen LogP contribution in [0.4, 0.5) is 4.79 Å². The van der Waals surface area contributed by atoms with Gasteiger partial charge in [0.1, 0.15) is 0 Å². The van der Waals surface area contributed by atoms with Crippen molar-refractivity contribution in [2.75, 3.05) is 27.2 Å². The van der Waals surface area contributed by atoms with Crippen molar-refractivity contribution < 1.29 is 19.8 Å². The topological polar surface area (TPSA) is 89.9 Å². The van der Waals surface area contributed by atoms with E-state index >= 15 is 0 Å². The standard InChI is InChI=1S/C8H18N2O2.CH2O2/c1-8(2,6-10(3)4)5-9-7(11)12;2-1-3/h9H,5-6H2,1-4H3,(H,11,12);1H,(H,2,3). The summed E-state index contributed by atoms with van der Waals surface area (Å²) in [5.74, 6) is 0. The maximum Gasteiger partial charge on any atom is 0.404 e. The van der Waals surface area contributed by atoms with Gasteiger partial charge in [0.15, 0.2) is 0 Å². The predicted molar refractivity (Wildman–Crippen MR) is 57.1 cm³/mol. The first-order chi connectivity index (χ1) is 6.75. The quantitative estimate of drug-likeness (QED) is 0.602. The first kappa shape index (κ1) is 16.1. The largest absolute Gasteiger partial charge is 0.483 e. The van der Waals surface area contributed by atoms with E-state index in [-0.39, 0.29) is 11.9 Å². The number of nitrogens with zero attached hydrogens (tertiary/aromatic N) is 1. The summed E-state index contributed by atoms with van der Waals surface area (Å²) in [6, 6.07) is 0. The molecule has 0 saturated carbocycles. The Kier molecular flexibility index (Phi) is 8.66. The molecule has 0 radical (unpaired) electrons. The minimum atomic E-state index is -0.957. The van der Waals surface area contributed by atoms with Crippen LogP contribution < -0.4 is 5.32 Å². The van der Waals surface area contributed by atoms with E-state index in [0.29, 0.717) is 6.54 Å². The van der Waals surface area contributed by atoms with Crippen molar-refractivity contribution in [3.8, 4) is 0 Å². The number of nitrogens with one attached hydrogen (secondary N) is 1. The van der Waals surface area contributed by atoms with Crippen LogP contribution in [0.3, 0.4) is 0 Å². The molecule has 0 aliphatic heterocycles. The zero-order chi connectivity index (χ0) is 12.5. The van der Waals surface area contributed by atoms with Gasteiger partial charge in [-0.2, -0.15) is 0 Å². The average Bonchev–Trinajstić information content (AvgIpc) is 2.00. The van der Waals surface area contributed by atoms with Gasteiger partial charge in [0.2, 0.25) is 0 Å². The Morgan fingerprint density at radius 3 is 2.13 bits per heavy atom. The maximum atomic E-state index is 10.2. The van der Waals surface area contributed by atoms with Gasteiger partial charge >= 0.3 is 6.09 Å². The fourth-order valence-electron chi connectivity index (χ4n) is 1.23. The lowest BCUT2D eigenvalue weighted by atomic mass is 9.93. The molecule has 15 heavy (non-hydrogen) atoms. The summed E-state index contributed by atoms with van der Waals surface area (Å²) in [7, 11) is 3.95. The maximum absolute atomic E-state index is 10.2. The predicted octanol–water partition coefficient (Wildman–Crippen LogP) is 0.543. The molecule has 0 aromatic carbocycles. The summed E-state index contributed by atoms with van der Waals surface area (Å²) < 4.78 is 0. The molecule has 1 amide bonds. The molecule has 0 fully saturated rings. The smallest absolute Gasteiger partial charge is 0.404 e. The molecule has 0 heterocycles. The highest BCUT2D eigenvalue weighted by Crippen LogP contribution is 2.13. The van der Waals surface area contributed by atoms with Gasteiger partial charge in [-0.05, 0) is 19.5 Å². The average molecular weight is 220 g/mol. The molecule has 6 heteroatoms. The van der Waals surface area contributed by atoms with E-state index in [1.165, 1.54) is 0 Å². The van der Waals surface area contributed by atoms with Gasteiger partial charge in [-0.15, -0.1) is 0 Å². The lowest BCUT2D eigenvalue weighted by Gasteiger charge is -2.27. The molecule has 0 rings (SSSR count). The SMILES string of the molecule is CN(C)CC(C)(C)CNC(=O)O.O=CO. The second-order valence-corrected chi connectivity index (χ2v) is 4.17. The first-order valence-corrected chi connectivity index (χ1v) is 4.44. The second kappa shape index (κ2) is 8.05. The van der Waals surface area contributed by atoms with E-state index in [1.807, 2.05) is 32.8 Å². The van der Waals surface area contributed by atoms with Crippen LogP contribution in [0.25, 0.3) is 0 Å². The second-order valence-electron chi connectivity index (χ2n) is 4.17. The number of hydrogen-bond acceptors (Lipinski definition) is 3. The molecule has 0 aromatic heterocycles. The van der Waals surface area contributed by atoms with Gasteiger partial charge in [0.25, 0.3) is 6.47 Å². The fourth-order valence-corrected chi connectivity index (χ4v) is 1.23. The van der Waals surface area contributed by atoms with Crippen molar-refractivity contribution in [3.05, 3.63) is 0 Å². The molecular formula is C9H20N2O4. The Balaban J connectivity index is 0. The Morgan fingerprint density at radius 1 is 1.47 bits per heavy atom. The van der Waals surface area contributed by atoms with E-state index in [4.69, 9.17) is 15.0 Å². The summed E-state index contributed by atoms with van der Waals surface area (Å²) in [5.41, 5.74) is -0.0120. The Morgan fingerprint density at radius 2 is 1.87 bits per heavy atom. The summed E-state index contributed by atoms with van der Waals surface area (Å²) in [6.07, 6.45) is -0.957.